The Morgan fingerprint density at radius 1 is 1.08 bits per heavy atom. The van der Waals surface area contributed by atoms with Crippen molar-refractivity contribution in [3.8, 4) is 0 Å². The number of anilines is 1. The minimum atomic E-state index is -0.542. The second-order valence-electron chi connectivity index (χ2n) is 10.3. The van der Waals surface area contributed by atoms with Gasteiger partial charge in [-0.1, -0.05) is 62.4 Å². The average molecular weight is 508 g/mol. The number of fused-ring (bicyclic) bond motifs is 2. The van der Waals surface area contributed by atoms with E-state index in [2.05, 4.69) is 31.3 Å². The highest BCUT2D eigenvalue weighted by Crippen LogP contribution is 2.47. The number of hydrogen-bond acceptors (Lipinski definition) is 5. The fraction of sp³-hybridized carbons (Fsp3) is 0.483. The van der Waals surface area contributed by atoms with Crippen molar-refractivity contribution in [3.05, 3.63) is 65.7 Å². The van der Waals surface area contributed by atoms with Gasteiger partial charge in [-0.2, -0.15) is 0 Å². The largest absolute Gasteiger partial charge is 0.343 e. The van der Waals surface area contributed by atoms with E-state index < -0.39 is 10.7 Å². The number of nitrogens with zero attached hydrogens (tertiary/aromatic N) is 2. The molecule has 4 rings (SSSR count). The summed E-state index contributed by atoms with van der Waals surface area (Å²) in [5.74, 6) is 0.689. The highest BCUT2D eigenvalue weighted by Gasteiger charge is 2.51. The molecule has 1 saturated heterocycles. The van der Waals surface area contributed by atoms with Crippen LogP contribution in [0.25, 0.3) is 0 Å². The molecule has 1 fully saturated rings. The van der Waals surface area contributed by atoms with Crippen LogP contribution in [0.5, 0.6) is 0 Å². The standard InChI is InChI=1S/C29H37N3O3S/c1-21(2)13-16-30-27(22-9-5-4-6-10-22)36-23(20-33)19-26(34)32-17-14-29(15-18-32)24-11-7-8-12-25(24)31(3)28(29)35/h4-12,20-21,23,27,30H,13-19H2,1-3H3. The molecule has 2 aliphatic rings. The van der Waals surface area contributed by atoms with Crippen LogP contribution in [-0.4, -0.2) is 54.9 Å². The molecule has 2 aliphatic heterocycles. The van der Waals surface area contributed by atoms with Crippen LogP contribution in [0.2, 0.25) is 0 Å². The predicted octanol–water partition coefficient (Wildman–Crippen LogP) is 4.55. The van der Waals surface area contributed by atoms with Crippen LogP contribution >= 0.6 is 11.8 Å². The summed E-state index contributed by atoms with van der Waals surface area (Å²) in [6.45, 7) is 6.28. The van der Waals surface area contributed by atoms with E-state index in [1.165, 1.54) is 11.8 Å². The van der Waals surface area contributed by atoms with Crippen molar-refractivity contribution in [2.75, 3.05) is 31.6 Å². The Morgan fingerprint density at radius 3 is 2.42 bits per heavy atom. The maximum atomic E-state index is 13.2. The van der Waals surface area contributed by atoms with Crippen molar-refractivity contribution in [3.63, 3.8) is 0 Å². The molecule has 0 radical (unpaired) electrons. The number of benzene rings is 2. The Hall–Kier alpha value is -2.64. The zero-order chi connectivity index (χ0) is 25.7. The normalized spacial score (nSPS) is 18.4. The van der Waals surface area contributed by atoms with E-state index in [0.717, 1.165) is 36.1 Å². The molecule has 2 heterocycles. The molecule has 0 saturated carbocycles. The van der Waals surface area contributed by atoms with Crippen LogP contribution in [-0.2, 0) is 19.8 Å². The molecule has 2 aromatic rings. The molecule has 2 aromatic carbocycles. The fourth-order valence-corrected chi connectivity index (χ4v) is 6.50. The van der Waals surface area contributed by atoms with Crippen molar-refractivity contribution >= 4 is 35.5 Å². The van der Waals surface area contributed by atoms with E-state index in [9.17, 15) is 14.4 Å². The van der Waals surface area contributed by atoms with Crippen LogP contribution in [0.3, 0.4) is 0 Å². The minimum absolute atomic E-state index is 0.0180. The number of rotatable bonds is 10. The third-order valence-electron chi connectivity index (χ3n) is 7.46. The monoisotopic (exact) mass is 507 g/mol. The second kappa shape index (κ2) is 11.6. The van der Waals surface area contributed by atoms with Crippen LogP contribution < -0.4 is 10.2 Å². The topological polar surface area (TPSA) is 69.7 Å². The second-order valence-corrected chi connectivity index (χ2v) is 11.6. The number of likely N-dealkylation sites (tertiary alicyclic amines) is 1. The number of piperidine rings is 1. The first kappa shape index (κ1) is 26.4. The van der Waals surface area contributed by atoms with E-state index in [-0.39, 0.29) is 23.6 Å². The van der Waals surface area contributed by atoms with Gasteiger partial charge in [0.2, 0.25) is 11.8 Å². The third kappa shape index (κ3) is 5.52. The summed E-state index contributed by atoms with van der Waals surface area (Å²) < 4.78 is 0. The Labute approximate surface area is 218 Å². The molecule has 2 amide bonds. The Bertz CT molecular complexity index is 1070. The van der Waals surface area contributed by atoms with Gasteiger partial charge in [-0.3, -0.25) is 9.59 Å². The number of amides is 2. The summed E-state index contributed by atoms with van der Waals surface area (Å²) in [6.07, 6.45) is 3.34. The smallest absolute Gasteiger partial charge is 0.237 e. The number of aldehydes is 1. The van der Waals surface area contributed by atoms with Gasteiger partial charge in [-0.15, -0.1) is 11.8 Å². The SMILES string of the molecule is CC(C)CCNC(SC(C=O)CC(=O)N1CCC2(CC1)C(=O)N(C)c1ccccc12)c1ccccc1. The number of likely N-dealkylation sites (N-methyl/N-ethyl adjacent to an activating group) is 1. The number of thioether (sulfide) groups is 1. The van der Waals surface area contributed by atoms with Gasteiger partial charge < -0.3 is 19.9 Å². The van der Waals surface area contributed by atoms with Crippen molar-refractivity contribution in [1.29, 1.82) is 0 Å². The summed E-state index contributed by atoms with van der Waals surface area (Å²) in [4.78, 5) is 42.0. The minimum Gasteiger partial charge on any atom is -0.343 e. The molecule has 192 valence electrons. The van der Waals surface area contributed by atoms with Gasteiger partial charge in [-0.25, -0.2) is 0 Å². The van der Waals surface area contributed by atoms with E-state index >= 15 is 0 Å². The number of para-hydroxylation sites is 1. The summed E-state index contributed by atoms with van der Waals surface area (Å²) in [5, 5.41) is 3.08. The average Bonchev–Trinajstić information content (AvgIpc) is 3.10. The molecule has 1 N–H and O–H groups in total. The highest BCUT2D eigenvalue weighted by molar-refractivity contribution is 8.00. The van der Waals surface area contributed by atoms with E-state index in [1.54, 1.807) is 4.90 Å². The van der Waals surface area contributed by atoms with Gasteiger partial charge in [-0.05, 0) is 48.9 Å². The first-order valence-corrected chi connectivity index (χ1v) is 13.8. The van der Waals surface area contributed by atoms with E-state index in [4.69, 9.17) is 0 Å². The lowest BCUT2D eigenvalue weighted by molar-refractivity contribution is -0.135. The molecule has 0 aromatic heterocycles. The molecule has 7 heteroatoms. The number of carbonyl (C=O) groups is 3. The van der Waals surface area contributed by atoms with Gasteiger partial charge in [0.05, 0.1) is 16.0 Å². The van der Waals surface area contributed by atoms with Crippen LogP contribution in [0.15, 0.2) is 54.6 Å². The lowest BCUT2D eigenvalue weighted by Crippen LogP contribution is -2.50. The molecule has 1 spiro atoms. The lowest BCUT2D eigenvalue weighted by Gasteiger charge is -2.38. The summed E-state index contributed by atoms with van der Waals surface area (Å²) in [5.41, 5.74) is 2.60. The first-order valence-electron chi connectivity index (χ1n) is 12.9. The first-order chi connectivity index (χ1) is 17.4. The zero-order valence-corrected chi connectivity index (χ0v) is 22.3. The van der Waals surface area contributed by atoms with Gasteiger partial charge in [0.25, 0.3) is 0 Å². The molecule has 6 nitrogen and oxygen atoms in total. The van der Waals surface area contributed by atoms with Crippen molar-refractivity contribution < 1.29 is 14.4 Å². The number of hydrogen-bond donors (Lipinski definition) is 1. The van der Waals surface area contributed by atoms with Gasteiger partial charge >= 0.3 is 0 Å². The van der Waals surface area contributed by atoms with Crippen LogP contribution in [0.4, 0.5) is 5.69 Å². The van der Waals surface area contributed by atoms with Crippen molar-refractivity contribution in [2.45, 2.75) is 55.6 Å². The lowest BCUT2D eigenvalue weighted by atomic mass is 9.73. The van der Waals surface area contributed by atoms with Gasteiger partial charge in [0, 0.05) is 32.2 Å². The molecular weight excluding hydrogens is 470 g/mol. The molecule has 2 unspecified atom stereocenters. The Morgan fingerprint density at radius 2 is 1.75 bits per heavy atom. The maximum absolute atomic E-state index is 13.2. The van der Waals surface area contributed by atoms with E-state index in [0.29, 0.717) is 31.8 Å². The van der Waals surface area contributed by atoms with E-state index in [1.807, 2.05) is 54.4 Å². The van der Waals surface area contributed by atoms with Crippen LogP contribution in [0, 0.1) is 5.92 Å². The van der Waals surface area contributed by atoms with Gasteiger partial charge in [0.1, 0.15) is 6.29 Å². The molecular formula is C29H37N3O3S. The summed E-state index contributed by atoms with van der Waals surface area (Å²) >= 11 is 1.51. The third-order valence-corrected chi connectivity index (χ3v) is 8.80. The van der Waals surface area contributed by atoms with Crippen LogP contribution in [0.1, 0.15) is 56.0 Å². The number of nitrogens with one attached hydrogen (secondary N) is 1. The maximum Gasteiger partial charge on any atom is 0.237 e. The van der Waals surface area contributed by atoms with Crippen molar-refractivity contribution in [1.82, 2.24) is 10.2 Å². The van der Waals surface area contributed by atoms with Crippen molar-refractivity contribution in [2.24, 2.45) is 5.92 Å². The summed E-state index contributed by atoms with van der Waals surface area (Å²) in [6, 6.07) is 18.1. The zero-order valence-electron chi connectivity index (χ0n) is 21.5. The fourth-order valence-electron chi connectivity index (χ4n) is 5.32. The molecule has 0 bridgehead atoms. The van der Waals surface area contributed by atoms with Gasteiger partial charge in [0.15, 0.2) is 0 Å². The highest BCUT2D eigenvalue weighted by atomic mass is 32.2. The molecule has 36 heavy (non-hydrogen) atoms. The quantitative estimate of drug-likeness (QED) is 0.378. The Balaban J connectivity index is 1.38. The molecule has 0 aliphatic carbocycles. The summed E-state index contributed by atoms with van der Waals surface area (Å²) in [7, 11) is 1.83. The molecule has 2 atom stereocenters. The number of carbonyl (C=O) groups excluding carboxylic acids is 3. The Kier molecular flexibility index (Phi) is 8.52. The predicted molar refractivity (Wildman–Crippen MR) is 146 cm³/mol.